The van der Waals surface area contributed by atoms with Gasteiger partial charge in [0, 0.05) is 5.69 Å². The summed E-state index contributed by atoms with van der Waals surface area (Å²) in [5, 5.41) is 2.99. The molecule has 5 nitrogen and oxygen atoms in total. The molecule has 2 aromatic carbocycles. The van der Waals surface area contributed by atoms with E-state index in [1.165, 1.54) is 12.1 Å². The summed E-state index contributed by atoms with van der Waals surface area (Å²) >= 11 is 0. The second-order valence-electron chi connectivity index (χ2n) is 4.96. The van der Waals surface area contributed by atoms with Crippen molar-refractivity contribution in [2.24, 2.45) is 10.7 Å². The molecule has 0 aliphatic rings. The first-order valence-electron chi connectivity index (χ1n) is 7.20. The smallest absolute Gasteiger partial charge is 0.193 e. The zero-order valence-electron chi connectivity index (χ0n) is 13.5. The number of rotatable bonds is 6. The molecule has 0 bridgehead atoms. The van der Waals surface area contributed by atoms with Gasteiger partial charge in [0.2, 0.25) is 0 Å². The molecule has 2 rings (SSSR count). The van der Waals surface area contributed by atoms with Crippen molar-refractivity contribution in [3.63, 3.8) is 0 Å². The number of hydrogen-bond donors (Lipinski definition) is 2. The van der Waals surface area contributed by atoms with Gasteiger partial charge in [-0.15, -0.1) is 24.0 Å². The van der Waals surface area contributed by atoms with E-state index in [2.05, 4.69) is 10.3 Å². The Balaban J connectivity index is 0.00000288. The molecule has 3 N–H and O–H groups in total. The van der Waals surface area contributed by atoms with E-state index >= 15 is 0 Å². The number of hydrogen-bond acceptors (Lipinski definition) is 3. The highest BCUT2D eigenvalue weighted by Gasteiger charge is 2.04. The van der Waals surface area contributed by atoms with Crippen LogP contribution in [0.25, 0.3) is 0 Å². The summed E-state index contributed by atoms with van der Waals surface area (Å²) in [7, 11) is 1.61. The molecule has 0 fully saturated rings. The highest BCUT2D eigenvalue weighted by Crippen LogP contribution is 2.15. The van der Waals surface area contributed by atoms with Crippen LogP contribution in [0.2, 0.25) is 0 Å². The standard InChI is InChI=1S/C17H20FN3O2.HI/c1-12(23-16-7-3-13(18)4-8-16)11-20-17(19)21-14-5-9-15(22-2)10-6-14;/h3-10,12H,11H2,1-2H3,(H3,19,20,21);1H. The van der Waals surface area contributed by atoms with Crippen LogP contribution in [0, 0.1) is 5.82 Å². The van der Waals surface area contributed by atoms with Crippen LogP contribution >= 0.6 is 24.0 Å². The first-order valence-corrected chi connectivity index (χ1v) is 7.20. The Hall–Kier alpha value is -2.03. The quantitative estimate of drug-likeness (QED) is 0.405. The molecular weight excluding hydrogens is 424 g/mol. The molecule has 0 aromatic heterocycles. The third-order valence-corrected chi connectivity index (χ3v) is 3.03. The van der Waals surface area contributed by atoms with Crippen LogP contribution in [-0.4, -0.2) is 25.7 Å². The summed E-state index contributed by atoms with van der Waals surface area (Å²) in [4.78, 5) is 4.23. The summed E-state index contributed by atoms with van der Waals surface area (Å²) < 4.78 is 23.5. The Kier molecular flexibility index (Phi) is 8.31. The number of halogens is 2. The van der Waals surface area contributed by atoms with Gasteiger partial charge in [0.25, 0.3) is 0 Å². The van der Waals surface area contributed by atoms with Crippen LogP contribution in [0.3, 0.4) is 0 Å². The number of nitrogens with zero attached hydrogens (tertiary/aromatic N) is 1. The number of ether oxygens (including phenoxy) is 2. The molecule has 1 unspecified atom stereocenters. The zero-order chi connectivity index (χ0) is 16.7. The molecule has 1 atom stereocenters. The normalized spacial score (nSPS) is 12.0. The van der Waals surface area contributed by atoms with Gasteiger partial charge >= 0.3 is 0 Å². The summed E-state index contributed by atoms with van der Waals surface area (Å²) in [5.74, 6) is 1.36. The van der Waals surface area contributed by atoms with Gasteiger partial charge in [-0.2, -0.15) is 0 Å². The lowest BCUT2D eigenvalue weighted by Crippen LogP contribution is -2.25. The van der Waals surface area contributed by atoms with Crippen molar-refractivity contribution in [2.75, 3.05) is 19.0 Å². The molecule has 7 heteroatoms. The van der Waals surface area contributed by atoms with Gasteiger partial charge in [-0.3, -0.25) is 0 Å². The molecule has 0 aliphatic heterocycles. The van der Waals surface area contributed by atoms with E-state index in [0.717, 1.165) is 11.4 Å². The fraction of sp³-hybridized carbons (Fsp3) is 0.235. The van der Waals surface area contributed by atoms with Gasteiger partial charge in [-0.05, 0) is 55.5 Å². The van der Waals surface area contributed by atoms with E-state index in [9.17, 15) is 4.39 Å². The largest absolute Gasteiger partial charge is 0.497 e. The van der Waals surface area contributed by atoms with Crippen LogP contribution in [-0.2, 0) is 0 Å². The fourth-order valence-corrected chi connectivity index (χ4v) is 1.87. The highest BCUT2D eigenvalue weighted by molar-refractivity contribution is 14.0. The number of anilines is 1. The molecule has 0 saturated heterocycles. The Bertz CT molecular complexity index is 648. The maximum Gasteiger partial charge on any atom is 0.193 e. The molecule has 0 amide bonds. The minimum atomic E-state index is -0.295. The maximum absolute atomic E-state index is 12.8. The van der Waals surface area contributed by atoms with Crippen LogP contribution < -0.4 is 20.5 Å². The average Bonchev–Trinajstić information content (AvgIpc) is 2.56. The van der Waals surface area contributed by atoms with E-state index in [1.807, 2.05) is 31.2 Å². The molecular formula is C17H21FIN3O2. The van der Waals surface area contributed by atoms with Crippen molar-refractivity contribution in [3.8, 4) is 11.5 Å². The van der Waals surface area contributed by atoms with Crippen molar-refractivity contribution < 1.29 is 13.9 Å². The van der Waals surface area contributed by atoms with Gasteiger partial charge in [-0.25, -0.2) is 9.38 Å². The van der Waals surface area contributed by atoms with Gasteiger partial charge < -0.3 is 20.5 Å². The topological polar surface area (TPSA) is 68.9 Å². The SMILES string of the molecule is COc1ccc(NC(N)=NCC(C)Oc2ccc(F)cc2)cc1.I. The first-order chi connectivity index (χ1) is 11.1. The first kappa shape index (κ1) is 20.0. The average molecular weight is 445 g/mol. The molecule has 2 aromatic rings. The summed E-state index contributed by atoms with van der Waals surface area (Å²) in [5.41, 5.74) is 6.66. The predicted octanol–water partition coefficient (Wildman–Crippen LogP) is 3.65. The molecule has 24 heavy (non-hydrogen) atoms. The second kappa shape index (κ2) is 9.96. The Morgan fingerprint density at radius 1 is 1.12 bits per heavy atom. The van der Waals surface area contributed by atoms with E-state index in [-0.39, 0.29) is 35.9 Å². The summed E-state index contributed by atoms with van der Waals surface area (Å²) in [6.45, 7) is 2.25. The zero-order valence-corrected chi connectivity index (χ0v) is 15.9. The fourth-order valence-electron chi connectivity index (χ4n) is 1.87. The van der Waals surface area contributed by atoms with Gasteiger partial charge in [0.1, 0.15) is 23.4 Å². The van der Waals surface area contributed by atoms with Crippen molar-refractivity contribution >= 4 is 35.6 Å². The molecule has 0 saturated carbocycles. The highest BCUT2D eigenvalue weighted by atomic mass is 127. The molecule has 0 radical (unpaired) electrons. The van der Waals surface area contributed by atoms with Crippen molar-refractivity contribution in [1.29, 1.82) is 0 Å². The predicted molar refractivity (Wildman–Crippen MR) is 105 cm³/mol. The van der Waals surface area contributed by atoms with Gasteiger partial charge in [-0.1, -0.05) is 0 Å². The third kappa shape index (κ3) is 6.61. The van der Waals surface area contributed by atoms with Crippen molar-refractivity contribution in [2.45, 2.75) is 13.0 Å². The maximum atomic E-state index is 12.8. The molecule has 0 aliphatic carbocycles. The van der Waals surface area contributed by atoms with E-state index < -0.39 is 0 Å². The number of guanidine groups is 1. The minimum Gasteiger partial charge on any atom is -0.497 e. The third-order valence-electron chi connectivity index (χ3n) is 3.03. The lowest BCUT2D eigenvalue weighted by atomic mass is 10.3. The number of nitrogens with one attached hydrogen (secondary N) is 1. The number of aliphatic imine (C=N–C) groups is 1. The van der Waals surface area contributed by atoms with Gasteiger partial charge in [0.05, 0.1) is 13.7 Å². The Morgan fingerprint density at radius 3 is 2.29 bits per heavy atom. The Labute approximate surface area is 158 Å². The Morgan fingerprint density at radius 2 is 1.71 bits per heavy atom. The van der Waals surface area contributed by atoms with Crippen LogP contribution in [0.5, 0.6) is 11.5 Å². The van der Waals surface area contributed by atoms with Crippen LogP contribution in [0.15, 0.2) is 53.5 Å². The van der Waals surface area contributed by atoms with E-state index in [0.29, 0.717) is 18.3 Å². The summed E-state index contributed by atoms with van der Waals surface area (Å²) in [6.07, 6.45) is -0.184. The van der Waals surface area contributed by atoms with E-state index in [1.54, 1.807) is 19.2 Å². The minimum absolute atomic E-state index is 0. The molecule has 130 valence electrons. The summed E-state index contributed by atoms with van der Waals surface area (Å²) in [6, 6.07) is 13.2. The second-order valence-corrected chi connectivity index (χ2v) is 4.96. The van der Waals surface area contributed by atoms with E-state index in [4.69, 9.17) is 15.2 Å². The molecule has 0 spiro atoms. The van der Waals surface area contributed by atoms with Crippen molar-refractivity contribution in [1.82, 2.24) is 0 Å². The number of methoxy groups -OCH3 is 1. The lowest BCUT2D eigenvalue weighted by Gasteiger charge is -2.13. The number of benzene rings is 2. The van der Waals surface area contributed by atoms with Crippen molar-refractivity contribution in [3.05, 3.63) is 54.3 Å². The van der Waals surface area contributed by atoms with Crippen LogP contribution in [0.1, 0.15) is 6.92 Å². The van der Waals surface area contributed by atoms with Gasteiger partial charge in [0.15, 0.2) is 5.96 Å². The monoisotopic (exact) mass is 445 g/mol. The number of nitrogens with two attached hydrogens (primary N) is 1. The lowest BCUT2D eigenvalue weighted by molar-refractivity contribution is 0.230. The van der Waals surface area contributed by atoms with Crippen LogP contribution in [0.4, 0.5) is 10.1 Å². The molecule has 0 heterocycles.